The van der Waals surface area contributed by atoms with Crippen LogP contribution in [-0.2, 0) is 4.79 Å². The molecule has 140 valence electrons. The molecule has 2 heterocycles. The first kappa shape index (κ1) is 18.7. The lowest BCUT2D eigenvalue weighted by atomic mass is 9.94. The van der Waals surface area contributed by atoms with Gasteiger partial charge >= 0.3 is 0 Å². The highest BCUT2D eigenvalue weighted by atomic mass is 16.2. The number of nitrogens with zero attached hydrogens (tertiary/aromatic N) is 4. The van der Waals surface area contributed by atoms with Crippen LogP contribution >= 0.6 is 0 Å². The molecule has 1 atom stereocenters. The van der Waals surface area contributed by atoms with Gasteiger partial charge in [-0.3, -0.25) is 9.69 Å². The highest BCUT2D eigenvalue weighted by Crippen LogP contribution is 2.26. The fourth-order valence-corrected chi connectivity index (χ4v) is 4.33. The van der Waals surface area contributed by atoms with E-state index in [1.807, 2.05) is 24.3 Å². The van der Waals surface area contributed by atoms with Gasteiger partial charge in [0.1, 0.15) is 0 Å². The van der Waals surface area contributed by atoms with Crippen LogP contribution < -0.4 is 4.90 Å². The summed E-state index contributed by atoms with van der Waals surface area (Å²) < 4.78 is 0. The van der Waals surface area contributed by atoms with Crippen LogP contribution in [-0.4, -0.2) is 60.5 Å². The van der Waals surface area contributed by atoms with Crippen LogP contribution in [0.3, 0.4) is 0 Å². The van der Waals surface area contributed by atoms with E-state index in [0.29, 0.717) is 23.6 Å². The van der Waals surface area contributed by atoms with E-state index in [0.717, 1.165) is 51.3 Å². The maximum atomic E-state index is 13.0. The molecule has 0 bridgehead atoms. The minimum atomic E-state index is 0.155. The SMILES string of the molecule is CC(C)N1CCN(C(=O)C2CCN(c3ccc(C#N)cc3)CC2)C[C@@H]1C. The van der Waals surface area contributed by atoms with Crippen LogP contribution in [0.4, 0.5) is 5.69 Å². The van der Waals surface area contributed by atoms with Gasteiger partial charge in [-0.25, -0.2) is 0 Å². The van der Waals surface area contributed by atoms with Crippen LogP contribution in [0, 0.1) is 17.2 Å². The zero-order chi connectivity index (χ0) is 18.7. The number of hydrogen-bond donors (Lipinski definition) is 0. The first-order chi connectivity index (χ1) is 12.5. The predicted octanol–water partition coefficient (Wildman–Crippen LogP) is 2.72. The second-order valence-corrected chi connectivity index (χ2v) is 7.88. The molecule has 5 nitrogen and oxygen atoms in total. The van der Waals surface area contributed by atoms with Gasteiger partial charge in [0.05, 0.1) is 11.6 Å². The fraction of sp³-hybridized carbons (Fsp3) is 0.619. The molecule has 2 saturated heterocycles. The van der Waals surface area contributed by atoms with Gasteiger partial charge in [0.2, 0.25) is 5.91 Å². The van der Waals surface area contributed by atoms with Crippen molar-refractivity contribution in [2.45, 2.75) is 45.7 Å². The van der Waals surface area contributed by atoms with Crippen molar-refractivity contribution in [3.8, 4) is 6.07 Å². The molecule has 0 radical (unpaired) electrons. The van der Waals surface area contributed by atoms with Gasteiger partial charge in [0, 0.05) is 56.4 Å². The number of benzene rings is 1. The average molecular weight is 354 g/mol. The number of carbonyl (C=O) groups is 1. The van der Waals surface area contributed by atoms with E-state index < -0.39 is 0 Å². The lowest BCUT2D eigenvalue weighted by molar-refractivity contribution is -0.139. The van der Waals surface area contributed by atoms with Crippen molar-refractivity contribution in [2.75, 3.05) is 37.6 Å². The molecule has 1 aromatic rings. The number of rotatable bonds is 3. The Labute approximate surface area is 157 Å². The van der Waals surface area contributed by atoms with Gasteiger partial charge in [-0.15, -0.1) is 0 Å². The number of hydrogen-bond acceptors (Lipinski definition) is 4. The van der Waals surface area contributed by atoms with E-state index in [2.05, 4.69) is 41.5 Å². The van der Waals surface area contributed by atoms with Gasteiger partial charge in [0.25, 0.3) is 0 Å². The quantitative estimate of drug-likeness (QED) is 0.837. The second kappa shape index (κ2) is 8.09. The zero-order valence-electron chi connectivity index (χ0n) is 16.2. The Hall–Kier alpha value is -2.06. The van der Waals surface area contributed by atoms with E-state index in [1.165, 1.54) is 0 Å². The highest BCUT2D eigenvalue weighted by Gasteiger charge is 2.33. The minimum absolute atomic E-state index is 0.155. The first-order valence-electron chi connectivity index (χ1n) is 9.79. The van der Waals surface area contributed by atoms with Crippen LogP contribution in [0.5, 0.6) is 0 Å². The first-order valence-corrected chi connectivity index (χ1v) is 9.79. The van der Waals surface area contributed by atoms with Crippen molar-refractivity contribution in [3.05, 3.63) is 29.8 Å². The predicted molar refractivity (Wildman–Crippen MR) is 104 cm³/mol. The molecule has 0 unspecified atom stereocenters. The molecule has 3 rings (SSSR count). The third-order valence-corrected chi connectivity index (χ3v) is 5.86. The number of anilines is 1. The van der Waals surface area contributed by atoms with Crippen molar-refractivity contribution in [3.63, 3.8) is 0 Å². The average Bonchev–Trinajstić information content (AvgIpc) is 2.67. The summed E-state index contributed by atoms with van der Waals surface area (Å²) >= 11 is 0. The molecular weight excluding hydrogens is 324 g/mol. The molecule has 0 saturated carbocycles. The molecule has 1 aromatic carbocycles. The molecule has 2 fully saturated rings. The second-order valence-electron chi connectivity index (χ2n) is 7.88. The van der Waals surface area contributed by atoms with E-state index in [1.54, 1.807) is 0 Å². The summed E-state index contributed by atoms with van der Waals surface area (Å²) in [6, 6.07) is 10.9. The molecule has 26 heavy (non-hydrogen) atoms. The zero-order valence-corrected chi connectivity index (χ0v) is 16.2. The summed E-state index contributed by atoms with van der Waals surface area (Å²) in [5, 5.41) is 8.92. The largest absolute Gasteiger partial charge is 0.371 e. The molecule has 5 heteroatoms. The molecule has 0 spiro atoms. The molecule has 1 amide bonds. The summed E-state index contributed by atoms with van der Waals surface area (Å²) in [5.74, 6) is 0.502. The third kappa shape index (κ3) is 4.02. The van der Waals surface area contributed by atoms with Crippen LogP contribution in [0.1, 0.15) is 39.2 Å². The van der Waals surface area contributed by atoms with E-state index in [-0.39, 0.29) is 5.92 Å². The highest BCUT2D eigenvalue weighted by molar-refractivity contribution is 5.79. The standard InChI is InChI=1S/C21H30N4O/c1-16(2)25-13-12-24(15-17(25)3)21(26)19-8-10-23(11-9-19)20-6-4-18(14-22)5-7-20/h4-7,16-17,19H,8-13,15H2,1-3H3/t17-/m0/s1. The fourth-order valence-electron chi connectivity index (χ4n) is 4.33. The Balaban J connectivity index is 1.53. The molecular formula is C21H30N4O. The van der Waals surface area contributed by atoms with Gasteiger partial charge in [-0.1, -0.05) is 0 Å². The van der Waals surface area contributed by atoms with Gasteiger partial charge in [-0.2, -0.15) is 5.26 Å². The Morgan fingerprint density at radius 2 is 1.77 bits per heavy atom. The normalized spacial score (nSPS) is 22.5. The Morgan fingerprint density at radius 1 is 1.12 bits per heavy atom. The summed E-state index contributed by atoms with van der Waals surface area (Å²) in [5.41, 5.74) is 1.84. The smallest absolute Gasteiger partial charge is 0.225 e. The van der Waals surface area contributed by atoms with Crippen molar-refractivity contribution >= 4 is 11.6 Å². The van der Waals surface area contributed by atoms with Crippen molar-refractivity contribution in [1.29, 1.82) is 5.26 Å². The van der Waals surface area contributed by atoms with Gasteiger partial charge in [-0.05, 0) is 57.9 Å². The van der Waals surface area contributed by atoms with Gasteiger partial charge < -0.3 is 9.80 Å². The lowest BCUT2D eigenvalue weighted by Crippen LogP contribution is -2.57. The van der Waals surface area contributed by atoms with Crippen molar-refractivity contribution in [2.24, 2.45) is 5.92 Å². The number of nitriles is 1. The Bertz CT molecular complexity index is 656. The molecule has 2 aliphatic heterocycles. The maximum absolute atomic E-state index is 13.0. The number of piperazine rings is 1. The maximum Gasteiger partial charge on any atom is 0.225 e. The van der Waals surface area contributed by atoms with E-state index in [4.69, 9.17) is 5.26 Å². The van der Waals surface area contributed by atoms with Gasteiger partial charge in [0.15, 0.2) is 0 Å². The summed E-state index contributed by atoms with van der Waals surface area (Å²) in [4.78, 5) is 19.9. The minimum Gasteiger partial charge on any atom is -0.371 e. The Kier molecular flexibility index (Phi) is 5.83. The third-order valence-electron chi connectivity index (χ3n) is 5.86. The number of piperidine rings is 1. The van der Waals surface area contributed by atoms with Crippen LogP contribution in [0.25, 0.3) is 0 Å². The lowest BCUT2D eigenvalue weighted by Gasteiger charge is -2.43. The van der Waals surface area contributed by atoms with Crippen LogP contribution in [0.2, 0.25) is 0 Å². The summed E-state index contributed by atoms with van der Waals surface area (Å²) in [7, 11) is 0. The Morgan fingerprint density at radius 3 is 2.31 bits per heavy atom. The van der Waals surface area contributed by atoms with Crippen molar-refractivity contribution in [1.82, 2.24) is 9.80 Å². The molecule has 0 N–H and O–H groups in total. The van der Waals surface area contributed by atoms with E-state index in [9.17, 15) is 4.79 Å². The number of carbonyl (C=O) groups excluding carboxylic acids is 1. The number of amides is 1. The monoisotopic (exact) mass is 354 g/mol. The molecule has 0 aromatic heterocycles. The van der Waals surface area contributed by atoms with E-state index >= 15 is 0 Å². The van der Waals surface area contributed by atoms with Crippen molar-refractivity contribution < 1.29 is 4.79 Å². The summed E-state index contributed by atoms with van der Waals surface area (Å²) in [6.45, 7) is 11.2. The topological polar surface area (TPSA) is 50.6 Å². The van der Waals surface area contributed by atoms with Crippen LogP contribution in [0.15, 0.2) is 24.3 Å². The summed E-state index contributed by atoms with van der Waals surface area (Å²) in [6.07, 6.45) is 1.83. The molecule has 2 aliphatic rings. The molecule has 0 aliphatic carbocycles.